The first-order valence-corrected chi connectivity index (χ1v) is 9.20. The Hall–Kier alpha value is -1.64. The highest BCUT2D eigenvalue weighted by Gasteiger charge is 2.29. The standard InChI is InChI=1S/C17H28N6O2.ClH/c1-3-21(4-2)12-15(24)22-7-9-23(10-8-22)17(25)16-13-11-18-6-5-14(13)19-20-16;/h18H,3-12H2,1-2H3,(H,19,20);1H. The van der Waals surface area contributed by atoms with Crippen molar-refractivity contribution in [3.63, 3.8) is 0 Å². The van der Waals surface area contributed by atoms with E-state index in [0.717, 1.165) is 37.3 Å². The van der Waals surface area contributed by atoms with Crippen LogP contribution in [0.2, 0.25) is 0 Å². The number of nitrogens with zero attached hydrogens (tertiary/aromatic N) is 4. The molecule has 0 unspecified atom stereocenters. The van der Waals surface area contributed by atoms with Crippen molar-refractivity contribution in [3.05, 3.63) is 17.0 Å². The molecule has 3 rings (SSSR count). The number of piperazine rings is 1. The van der Waals surface area contributed by atoms with E-state index in [-0.39, 0.29) is 24.2 Å². The van der Waals surface area contributed by atoms with Gasteiger partial charge in [0.15, 0.2) is 5.69 Å². The van der Waals surface area contributed by atoms with Gasteiger partial charge in [0.2, 0.25) is 5.91 Å². The summed E-state index contributed by atoms with van der Waals surface area (Å²) in [4.78, 5) is 31.0. The van der Waals surface area contributed by atoms with Crippen molar-refractivity contribution >= 4 is 24.2 Å². The molecule has 0 radical (unpaired) electrons. The number of aromatic amines is 1. The molecule has 2 amide bonds. The summed E-state index contributed by atoms with van der Waals surface area (Å²) in [6, 6.07) is 0. The fourth-order valence-electron chi connectivity index (χ4n) is 3.45. The topological polar surface area (TPSA) is 84.6 Å². The Morgan fingerprint density at radius 1 is 1.12 bits per heavy atom. The number of rotatable bonds is 5. The van der Waals surface area contributed by atoms with Crippen molar-refractivity contribution in [1.29, 1.82) is 0 Å². The fraction of sp³-hybridized carbons (Fsp3) is 0.706. The maximum absolute atomic E-state index is 12.8. The molecule has 0 saturated carbocycles. The highest BCUT2D eigenvalue weighted by molar-refractivity contribution is 5.94. The molecule has 3 heterocycles. The minimum Gasteiger partial charge on any atom is -0.338 e. The third-order valence-corrected chi connectivity index (χ3v) is 5.18. The lowest BCUT2D eigenvalue weighted by Crippen LogP contribution is -2.52. The van der Waals surface area contributed by atoms with E-state index in [1.807, 2.05) is 9.80 Å². The molecule has 0 atom stereocenters. The van der Waals surface area contributed by atoms with Crippen LogP contribution in [0.15, 0.2) is 0 Å². The van der Waals surface area contributed by atoms with Gasteiger partial charge in [-0.05, 0) is 13.1 Å². The number of hydrogen-bond donors (Lipinski definition) is 2. The SMILES string of the molecule is CCN(CC)CC(=O)N1CCN(C(=O)c2n[nH]c3c2CNCC3)CC1.Cl. The molecule has 2 aliphatic rings. The smallest absolute Gasteiger partial charge is 0.274 e. The first-order valence-electron chi connectivity index (χ1n) is 9.20. The minimum atomic E-state index is -0.0305. The zero-order valence-corrected chi connectivity index (χ0v) is 16.4. The molecular weight excluding hydrogens is 356 g/mol. The summed E-state index contributed by atoms with van der Waals surface area (Å²) in [7, 11) is 0. The summed E-state index contributed by atoms with van der Waals surface area (Å²) < 4.78 is 0. The monoisotopic (exact) mass is 384 g/mol. The van der Waals surface area contributed by atoms with E-state index in [1.54, 1.807) is 0 Å². The average Bonchev–Trinajstić information content (AvgIpc) is 3.09. The number of carbonyl (C=O) groups excluding carboxylic acids is 2. The molecule has 9 heteroatoms. The number of H-pyrrole nitrogens is 1. The summed E-state index contributed by atoms with van der Waals surface area (Å²) in [5.74, 6) is 0.120. The zero-order valence-electron chi connectivity index (χ0n) is 15.6. The maximum Gasteiger partial charge on any atom is 0.274 e. The van der Waals surface area contributed by atoms with Crippen LogP contribution in [0.1, 0.15) is 35.6 Å². The number of carbonyl (C=O) groups is 2. The summed E-state index contributed by atoms with van der Waals surface area (Å²) >= 11 is 0. The normalized spacial score (nSPS) is 17.0. The van der Waals surface area contributed by atoms with Gasteiger partial charge in [0.05, 0.1) is 6.54 Å². The van der Waals surface area contributed by atoms with Crippen LogP contribution in [0.25, 0.3) is 0 Å². The van der Waals surface area contributed by atoms with Crippen LogP contribution in [-0.4, -0.2) is 89.1 Å². The number of halogens is 1. The molecule has 0 bridgehead atoms. The molecule has 0 spiro atoms. The number of fused-ring (bicyclic) bond motifs is 1. The van der Waals surface area contributed by atoms with E-state index in [9.17, 15) is 9.59 Å². The Kier molecular flexibility index (Phi) is 7.43. The summed E-state index contributed by atoms with van der Waals surface area (Å²) in [6.45, 7) is 10.3. The van der Waals surface area contributed by atoms with Gasteiger partial charge >= 0.3 is 0 Å². The van der Waals surface area contributed by atoms with Gasteiger partial charge in [-0.25, -0.2) is 0 Å². The van der Waals surface area contributed by atoms with Crippen molar-refractivity contribution in [1.82, 2.24) is 30.2 Å². The molecule has 2 N–H and O–H groups in total. The molecule has 146 valence electrons. The summed E-state index contributed by atoms with van der Waals surface area (Å²) in [6.07, 6.45) is 0.878. The number of likely N-dealkylation sites (N-methyl/N-ethyl adjacent to an activating group) is 1. The van der Waals surface area contributed by atoms with E-state index < -0.39 is 0 Å². The van der Waals surface area contributed by atoms with Crippen LogP contribution >= 0.6 is 12.4 Å². The van der Waals surface area contributed by atoms with Crippen LogP contribution in [0.3, 0.4) is 0 Å². The molecule has 1 aromatic heterocycles. The molecule has 2 aliphatic heterocycles. The number of hydrogen-bond acceptors (Lipinski definition) is 5. The van der Waals surface area contributed by atoms with E-state index in [2.05, 4.69) is 34.3 Å². The summed E-state index contributed by atoms with van der Waals surface area (Å²) in [5, 5.41) is 10.5. The first kappa shape index (κ1) is 20.7. The van der Waals surface area contributed by atoms with Crippen LogP contribution < -0.4 is 5.32 Å². The third-order valence-electron chi connectivity index (χ3n) is 5.18. The van der Waals surface area contributed by atoms with Gasteiger partial charge in [0.25, 0.3) is 5.91 Å². The van der Waals surface area contributed by atoms with E-state index >= 15 is 0 Å². The van der Waals surface area contributed by atoms with Gasteiger partial charge < -0.3 is 15.1 Å². The second-order valence-electron chi connectivity index (χ2n) is 6.59. The average molecular weight is 385 g/mol. The Bertz CT molecular complexity index is 623. The number of amides is 2. The number of aromatic nitrogens is 2. The Labute approximate surface area is 160 Å². The Balaban J connectivity index is 0.00000243. The number of nitrogens with one attached hydrogen (secondary N) is 2. The van der Waals surface area contributed by atoms with E-state index in [0.29, 0.717) is 45.0 Å². The molecule has 0 aromatic carbocycles. The van der Waals surface area contributed by atoms with Gasteiger partial charge in [-0.3, -0.25) is 19.6 Å². The van der Waals surface area contributed by atoms with Crippen molar-refractivity contribution in [2.24, 2.45) is 0 Å². The van der Waals surface area contributed by atoms with Crippen LogP contribution in [-0.2, 0) is 17.8 Å². The Morgan fingerprint density at radius 2 is 1.77 bits per heavy atom. The Morgan fingerprint density at radius 3 is 2.42 bits per heavy atom. The molecule has 1 saturated heterocycles. The van der Waals surface area contributed by atoms with Gasteiger partial charge in [-0.1, -0.05) is 13.8 Å². The van der Waals surface area contributed by atoms with Crippen LogP contribution in [0.5, 0.6) is 0 Å². The summed E-state index contributed by atoms with van der Waals surface area (Å²) in [5.41, 5.74) is 2.59. The van der Waals surface area contributed by atoms with Crippen molar-refractivity contribution in [2.45, 2.75) is 26.8 Å². The van der Waals surface area contributed by atoms with Crippen LogP contribution in [0.4, 0.5) is 0 Å². The molecule has 0 aliphatic carbocycles. The largest absolute Gasteiger partial charge is 0.338 e. The third kappa shape index (κ3) is 4.36. The lowest BCUT2D eigenvalue weighted by atomic mass is 10.1. The molecule has 8 nitrogen and oxygen atoms in total. The van der Waals surface area contributed by atoms with Crippen molar-refractivity contribution in [3.8, 4) is 0 Å². The van der Waals surface area contributed by atoms with Gasteiger partial charge in [-0.2, -0.15) is 5.10 Å². The molecule has 26 heavy (non-hydrogen) atoms. The van der Waals surface area contributed by atoms with E-state index in [1.165, 1.54) is 0 Å². The minimum absolute atomic E-state index is 0. The lowest BCUT2D eigenvalue weighted by molar-refractivity contribution is -0.133. The predicted octanol–water partition coefficient (Wildman–Crippen LogP) is 0.103. The zero-order chi connectivity index (χ0) is 17.8. The molecule has 1 aromatic rings. The van der Waals surface area contributed by atoms with E-state index in [4.69, 9.17) is 0 Å². The highest BCUT2D eigenvalue weighted by atomic mass is 35.5. The quantitative estimate of drug-likeness (QED) is 0.752. The van der Waals surface area contributed by atoms with Gasteiger partial charge in [0.1, 0.15) is 0 Å². The van der Waals surface area contributed by atoms with Crippen LogP contribution in [0, 0.1) is 0 Å². The maximum atomic E-state index is 12.8. The first-order chi connectivity index (χ1) is 12.1. The molecular formula is C17H29ClN6O2. The fourth-order valence-corrected chi connectivity index (χ4v) is 3.45. The van der Waals surface area contributed by atoms with Crippen molar-refractivity contribution in [2.75, 3.05) is 52.4 Å². The predicted molar refractivity (Wildman–Crippen MR) is 102 cm³/mol. The highest BCUT2D eigenvalue weighted by Crippen LogP contribution is 2.18. The lowest BCUT2D eigenvalue weighted by Gasteiger charge is -2.35. The van der Waals surface area contributed by atoms with Gasteiger partial charge in [0, 0.05) is 56.9 Å². The second-order valence-corrected chi connectivity index (χ2v) is 6.59. The van der Waals surface area contributed by atoms with Gasteiger partial charge in [-0.15, -0.1) is 12.4 Å². The molecule has 1 fully saturated rings. The van der Waals surface area contributed by atoms with Crippen molar-refractivity contribution < 1.29 is 9.59 Å². The second kappa shape index (κ2) is 9.34.